The van der Waals surface area contributed by atoms with Gasteiger partial charge in [-0.25, -0.2) is 0 Å². The summed E-state index contributed by atoms with van der Waals surface area (Å²) in [5.41, 5.74) is 3.54. The molecule has 0 unspecified atom stereocenters. The van der Waals surface area contributed by atoms with Crippen LogP contribution in [-0.2, 0) is 25.7 Å². The SMILES string of the molecule is CCCCCCCCN(CCCCCCCC)C[C@H]1C[C@@H](c2ccc(CO)cc2)O[C@@H](c2cccc(NC(=O)CCCCCCC(=O)O)c2)O1. The molecule has 2 aromatic carbocycles. The number of nitrogens with one attached hydrogen (secondary N) is 1. The van der Waals surface area contributed by atoms with Crippen molar-refractivity contribution in [1.82, 2.24) is 4.90 Å². The summed E-state index contributed by atoms with van der Waals surface area (Å²) in [6.45, 7) is 7.57. The van der Waals surface area contributed by atoms with Crippen molar-refractivity contribution >= 4 is 17.6 Å². The molecule has 3 N–H and O–H groups in total. The zero-order chi connectivity index (χ0) is 35.8. The number of ether oxygens (including phenoxy) is 2. The van der Waals surface area contributed by atoms with Gasteiger partial charge in [0.2, 0.25) is 5.91 Å². The maximum Gasteiger partial charge on any atom is 0.303 e. The number of anilines is 1. The van der Waals surface area contributed by atoms with E-state index in [2.05, 4.69) is 36.2 Å². The summed E-state index contributed by atoms with van der Waals surface area (Å²) < 4.78 is 13.4. The lowest BCUT2D eigenvalue weighted by Crippen LogP contribution is -2.40. The van der Waals surface area contributed by atoms with Crippen LogP contribution in [-0.4, -0.2) is 52.7 Å². The van der Waals surface area contributed by atoms with Crippen molar-refractivity contribution < 1.29 is 29.3 Å². The molecule has 8 nitrogen and oxygen atoms in total. The maximum absolute atomic E-state index is 12.7. The van der Waals surface area contributed by atoms with E-state index in [9.17, 15) is 14.7 Å². The molecule has 0 aliphatic carbocycles. The van der Waals surface area contributed by atoms with Gasteiger partial charge >= 0.3 is 5.97 Å². The van der Waals surface area contributed by atoms with Gasteiger partial charge in [-0.05, 0) is 62.0 Å². The van der Waals surface area contributed by atoms with Crippen LogP contribution >= 0.6 is 0 Å². The molecule has 0 aromatic heterocycles. The van der Waals surface area contributed by atoms with Crippen LogP contribution in [0.15, 0.2) is 48.5 Å². The molecule has 1 heterocycles. The molecule has 1 amide bonds. The molecule has 0 spiro atoms. The molecule has 3 rings (SSSR count). The number of carbonyl (C=O) groups excluding carboxylic acids is 1. The summed E-state index contributed by atoms with van der Waals surface area (Å²) in [6, 6.07) is 15.8. The summed E-state index contributed by atoms with van der Waals surface area (Å²) in [5, 5.41) is 21.5. The van der Waals surface area contributed by atoms with Crippen LogP contribution in [0.5, 0.6) is 0 Å². The van der Waals surface area contributed by atoms with Gasteiger partial charge in [-0.3, -0.25) is 9.59 Å². The second-order valence-corrected chi connectivity index (χ2v) is 14.2. The highest BCUT2D eigenvalue weighted by molar-refractivity contribution is 5.90. The van der Waals surface area contributed by atoms with E-state index in [0.29, 0.717) is 18.5 Å². The van der Waals surface area contributed by atoms with Crippen molar-refractivity contribution in [2.24, 2.45) is 0 Å². The molecule has 280 valence electrons. The predicted octanol–water partition coefficient (Wildman–Crippen LogP) is 10.1. The predicted molar refractivity (Wildman–Crippen MR) is 202 cm³/mol. The molecule has 8 heteroatoms. The van der Waals surface area contributed by atoms with Crippen LogP contribution in [0.4, 0.5) is 5.69 Å². The van der Waals surface area contributed by atoms with Crippen molar-refractivity contribution in [2.45, 2.75) is 161 Å². The third-order valence-corrected chi connectivity index (χ3v) is 9.72. The van der Waals surface area contributed by atoms with Gasteiger partial charge in [0.15, 0.2) is 6.29 Å². The fourth-order valence-electron chi connectivity index (χ4n) is 6.75. The van der Waals surface area contributed by atoms with E-state index < -0.39 is 12.3 Å². The van der Waals surface area contributed by atoms with Gasteiger partial charge in [-0.2, -0.15) is 0 Å². The van der Waals surface area contributed by atoms with Gasteiger partial charge in [-0.1, -0.05) is 127 Å². The number of amides is 1. The number of carboxylic acids is 1. The van der Waals surface area contributed by atoms with Gasteiger partial charge in [0.05, 0.1) is 18.8 Å². The number of hydrogen-bond donors (Lipinski definition) is 3. The fraction of sp³-hybridized carbons (Fsp3) is 0.667. The average Bonchev–Trinajstić information content (AvgIpc) is 3.12. The third-order valence-electron chi connectivity index (χ3n) is 9.72. The monoisotopic (exact) mass is 694 g/mol. The van der Waals surface area contributed by atoms with Gasteiger partial charge in [0.1, 0.15) is 0 Å². The Morgan fingerprint density at radius 2 is 1.34 bits per heavy atom. The largest absolute Gasteiger partial charge is 0.481 e. The minimum absolute atomic E-state index is 0.00918. The Bertz CT molecular complexity index is 1190. The summed E-state index contributed by atoms with van der Waals surface area (Å²) >= 11 is 0. The minimum Gasteiger partial charge on any atom is -0.481 e. The molecule has 1 saturated heterocycles. The molecule has 3 atom stereocenters. The van der Waals surface area contributed by atoms with E-state index in [4.69, 9.17) is 14.6 Å². The summed E-state index contributed by atoms with van der Waals surface area (Å²) in [6.07, 6.45) is 19.0. The molecule has 2 aromatic rings. The maximum atomic E-state index is 12.7. The number of carboxylic acid groups (broad SMARTS) is 1. The molecule has 0 saturated carbocycles. The van der Waals surface area contributed by atoms with E-state index in [1.54, 1.807) is 0 Å². The minimum atomic E-state index is -0.774. The number of aliphatic hydroxyl groups excluding tert-OH is 1. The zero-order valence-electron chi connectivity index (χ0n) is 31.1. The number of nitrogens with zero attached hydrogens (tertiary/aromatic N) is 1. The standard InChI is InChI=1S/C42H66N2O6/c1-3-5-7-9-13-17-28-44(29-18-14-10-8-6-4-2)32-38-31-39(35-26-24-34(33-45)25-27-35)50-42(49-38)36-20-19-21-37(30-36)43-40(46)22-15-11-12-16-23-41(47)48/h19-21,24-27,30,38-39,42,45H,3-18,22-23,28-29,31-33H2,1-2H3,(H,43,46)(H,47,48)/t38-,39+,42+/m1/s1. The molecular weight excluding hydrogens is 628 g/mol. The van der Waals surface area contributed by atoms with Crippen LogP contribution in [0.3, 0.4) is 0 Å². The Morgan fingerprint density at radius 1 is 0.740 bits per heavy atom. The molecule has 1 aliphatic rings. The van der Waals surface area contributed by atoms with Crippen LogP contribution in [0.2, 0.25) is 0 Å². The number of unbranched alkanes of at least 4 members (excludes halogenated alkanes) is 13. The van der Waals surface area contributed by atoms with Crippen molar-refractivity contribution in [1.29, 1.82) is 0 Å². The lowest BCUT2D eigenvalue weighted by Gasteiger charge is -2.38. The van der Waals surface area contributed by atoms with Gasteiger partial charge in [0.25, 0.3) is 0 Å². The normalized spacial score (nSPS) is 17.6. The van der Waals surface area contributed by atoms with E-state index >= 15 is 0 Å². The van der Waals surface area contributed by atoms with E-state index in [0.717, 1.165) is 62.0 Å². The first-order chi connectivity index (χ1) is 24.4. The quantitative estimate of drug-likeness (QED) is 0.0799. The van der Waals surface area contributed by atoms with E-state index in [-0.39, 0.29) is 31.1 Å². The second kappa shape index (κ2) is 25.2. The Kier molecular flexibility index (Phi) is 21.0. The van der Waals surface area contributed by atoms with Crippen molar-refractivity contribution in [2.75, 3.05) is 25.0 Å². The highest BCUT2D eigenvalue weighted by atomic mass is 16.7. The second-order valence-electron chi connectivity index (χ2n) is 14.2. The number of aliphatic carboxylic acids is 1. The Morgan fingerprint density at radius 3 is 1.96 bits per heavy atom. The number of hydrogen-bond acceptors (Lipinski definition) is 6. The van der Waals surface area contributed by atoms with Crippen molar-refractivity contribution in [3.8, 4) is 0 Å². The number of rotatable bonds is 27. The highest BCUT2D eigenvalue weighted by Gasteiger charge is 2.33. The summed E-state index contributed by atoms with van der Waals surface area (Å²) in [7, 11) is 0. The molecule has 0 bridgehead atoms. The number of carbonyl (C=O) groups is 2. The highest BCUT2D eigenvalue weighted by Crippen LogP contribution is 2.39. The van der Waals surface area contributed by atoms with Gasteiger partial charge < -0.3 is 29.9 Å². The number of benzene rings is 2. The van der Waals surface area contributed by atoms with E-state index in [1.807, 2.05) is 36.4 Å². The zero-order valence-corrected chi connectivity index (χ0v) is 31.1. The fourth-order valence-corrected chi connectivity index (χ4v) is 6.75. The summed E-state index contributed by atoms with van der Waals surface area (Å²) in [5.74, 6) is -0.824. The number of aliphatic hydroxyl groups is 1. The summed E-state index contributed by atoms with van der Waals surface area (Å²) in [4.78, 5) is 26.1. The lowest BCUT2D eigenvalue weighted by molar-refractivity contribution is -0.253. The Balaban J connectivity index is 1.68. The molecule has 1 fully saturated rings. The Hall–Kier alpha value is -2.78. The molecule has 0 radical (unpaired) electrons. The van der Waals surface area contributed by atoms with Crippen molar-refractivity contribution in [3.05, 3.63) is 65.2 Å². The molecular formula is C42H66N2O6. The van der Waals surface area contributed by atoms with Crippen LogP contribution in [0, 0.1) is 0 Å². The van der Waals surface area contributed by atoms with Crippen LogP contribution < -0.4 is 5.32 Å². The van der Waals surface area contributed by atoms with Gasteiger partial charge in [-0.15, -0.1) is 0 Å². The third kappa shape index (κ3) is 17.0. The lowest BCUT2D eigenvalue weighted by atomic mass is 9.99. The van der Waals surface area contributed by atoms with Gasteiger partial charge in [0, 0.05) is 37.1 Å². The first-order valence-corrected chi connectivity index (χ1v) is 19.8. The van der Waals surface area contributed by atoms with E-state index in [1.165, 1.54) is 77.0 Å². The van der Waals surface area contributed by atoms with Crippen LogP contribution in [0.25, 0.3) is 0 Å². The molecule has 1 aliphatic heterocycles. The van der Waals surface area contributed by atoms with Crippen LogP contribution in [0.1, 0.15) is 165 Å². The molecule has 50 heavy (non-hydrogen) atoms. The first kappa shape index (κ1) is 41.6. The van der Waals surface area contributed by atoms with Crippen molar-refractivity contribution in [3.63, 3.8) is 0 Å². The smallest absolute Gasteiger partial charge is 0.303 e. The topological polar surface area (TPSA) is 108 Å². The average molecular weight is 695 g/mol. The Labute approximate surface area is 302 Å². The first-order valence-electron chi connectivity index (χ1n) is 19.8.